The number of esters is 3. The third-order valence-electron chi connectivity index (χ3n) is 12.0. The molecule has 0 rings (SSSR count). The lowest BCUT2D eigenvalue weighted by Gasteiger charge is -2.18. The van der Waals surface area contributed by atoms with Crippen LogP contribution >= 0.6 is 0 Å². The first-order chi connectivity index (χ1) is 34.0. The van der Waals surface area contributed by atoms with Gasteiger partial charge in [-0.3, -0.25) is 14.4 Å². The zero-order valence-corrected chi connectivity index (χ0v) is 44.8. The molecule has 0 aromatic heterocycles. The van der Waals surface area contributed by atoms with Gasteiger partial charge in [0.2, 0.25) is 0 Å². The fraction of sp³-hybridized carbons (Fsp3) is 0.667. The Morgan fingerprint density at radius 2 is 0.565 bits per heavy atom. The summed E-state index contributed by atoms with van der Waals surface area (Å²) in [4.78, 5) is 38.1. The number of ether oxygens (including phenoxy) is 3. The summed E-state index contributed by atoms with van der Waals surface area (Å²) in [7, 11) is 0. The molecule has 0 amide bonds. The Balaban J connectivity index is 4.53. The van der Waals surface area contributed by atoms with Crippen molar-refractivity contribution in [1.82, 2.24) is 0 Å². The lowest BCUT2D eigenvalue weighted by atomic mass is 10.0. The molecule has 1 unspecified atom stereocenters. The van der Waals surface area contributed by atoms with E-state index in [0.717, 1.165) is 83.5 Å². The molecule has 0 aromatic rings. The minimum absolute atomic E-state index is 0.103. The first-order valence-electron chi connectivity index (χ1n) is 28.5. The summed E-state index contributed by atoms with van der Waals surface area (Å²) in [5.74, 6) is -0.974. The number of carbonyl (C=O) groups is 3. The van der Waals surface area contributed by atoms with Gasteiger partial charge in [0.15, 0.2) is 6.10 Å². The highest BCUT2D eigenvalue weighted by Gasteiger charge is 2.19. The Morgan fingerprint density at radius 3 is 0.913 bits per heavy atom. The molecule has 0 aromatic carbocycles. The van der Waals surface area contributed by atoms with Crippen LogP contribution in [0.4, 0.5) is 0 Å². The van der Waals surface area contributed by atoms with E-state index < -0.39 is 6.10 Å². The fourth-order valence-electron chi connectivity index (χ4n) is 7.71. The van der Waals surface area contributed by atoms with Gasteiger partial charge in [-0.05, 0) is 64.2 Å². The van der Waals surface area contributed by atoms with E-state index in [0.29, 0.717) is 12.8 Å². The van der Waals surface area contributed by atoms with Gasteiger partial charge in [-0.2, -0.15) is 0 Å². The van der Waals surface area contributed by atoms with Gasteiger partial charge >= 0.3 is 17.9 Å². The van der Waals surface area contributed by atoms with E-state index in [9.17, 15) is 14.4 Å². The molecule has 0 fully saturated rings. The quantitative estimate of drug-likeness (QED) is 0.0262. The van der Waals surface area contributed by atoms with Crippen LogP contribution in [0.2, 0.25) is 0 Å². The molecule has 0 heterocycles. The molecule has 0 aliphatic carbocycles. The zero-order chi connectivity index (χ0) is 50.0. The van der Waals surface area contributed by atoms with Crippen molar-refractivity contribution in [3.8, 4) is 0 Å². The molecule has 0 N–H and O–H groups in total. The molecular formula is C63H104O6. The fourth-order valence-corrected chi connectivity index (χ4v) is 7.71. The highest BCUT2D eigenvalue weighted by Crippen LogP contribution is 2.15. The molecule has 69 heavy (non-hydrogen) atoms. The van der Waals surface area contributed by atoms with Crippen LogP contribution in [0.1, 0.15) is 252 Å². The van der Waals surface area contributed by atoms with Gasteiger partial charge in [0.05, 0.1) is 0 Å². The zero-order valence-electron chi connectivity index (χ0n) is 44.8. The minimum atomic E-state index is -0.812. The third kappa shape index (κ3) is 54.9. The van der Waals surface area contributed by atoms with Gasteiger partial charge in [0, 0.05) is 19.3 Å². The third-order valence-corrected chi connectivity index (χ3v) is 12.0. The Labute approximate surface area is 425 Å². The predicted molar refractivity (Wildman–Crippen MR) is 297 cm³/mol. The summed E-state index contributed by atoms with van der Waals surface area (Å²) < 4.78 is 16.8. The summed E-state index contributed by atoms with van der Waals surface area (Å²) in [6, 6.07) is 0. The largest absolute Gasteiger partial charge is 0.462 e. The molecule has 392 valence electrons. The van der Waals surface area contributed by atoms with Crippen molar-refractivity contribution in [3.05, 3.63) is 109 Å². The molecule has 0 saturated carbocycles. The molecule has 1 atom stereocenters. The van der Waals surface area contributed by atoms with Gasteiger partial charge in [-0.1, -0.05) is 278 Å². The molecule has 0 saturated heterocycles. The lowest BCUT2D eigenvalue weighted by Crippen LogP contribution is -2.30. The average molecular weight is 958 g/mol. The molecule has 0 aliphatic heterocycles. The van der Waals surface area contributed by atoms with E-state index in [2.05, 4.69) is 57.2 Å². The van der Waals surface area contributed by atoms with Crippen LogP contribution in [-0.2, 0) is 28.6 Å². The van der Waals surface area contributed by atoms with Crippen molar-refractivity contribution in [2.75, 3.05) is 13.2 Å². The Bertz CT molecular complexity index is 1420. The molecule has 0 spiro atoms. The Kier molecular flexibility index (Phi) is 53.4. The topological polar surface area (TPSA) is 78.9 Å². The summed E-state index contributed by atoms with van der Waals surface area (Å²) in [5, 5.41) is 0. The van der Waals surface area contributed by atoms with E-state index in [4.69, 9.17) is 14.2 Å². The molecule has 0 radical (unpaired) electrons. The second kappa shape index (κ2) is 56.7. The van der Waals surface area contributed by atoms with Gasteiger partial charge in [0.1, 0.15) is 13.2 Å². The highest BCUT2D eigenvalue weighted by atomic mass is 16.6. The van der Waals surface area contributed by atoms with Gasteiger partial charge in [-0.15, -0.1) is 0 Å². The molecule has 0 aliphatic rings. The predicted octanol–water partition coefficient (Wildman–Crippen LogP) is 19.1. The van der Waals surface area contributed by atoms with E-state index >= 15 is 0 Å². The van der Waals surface area contributed by atoms with Crippen LogP contribution in [0.3, 0.4) is 0 Å². The second-order valence-corrected chi connectivity index (χ2v) is 18.7. The van der Waals surface area contributed by atoms with Crippen molar-refractivity contribution in [2.45, 2.75) is 258 Å². The number of rotatable bonds is 50. The van der Waals surface area contributed by atoms with Crippen LogP contribution in [0.25, 0.3) is 0 Å². The number of allylic oxidation sites excluding steroid dienone is 18. The van der Waals surface area contributed by atoms with E-state index in [-0.39, 0.29) is 37.5 Å². The van der Waals surface area contributed by atoms with Crippen LogP contribution in [-0.4, -0.2) is 37.2 Å². The number of carbonyl (C=O) groups excluding carboxylic acids is 3. The smallest absolute Gasteiger partial charge is 0.306 e. The first-order valence-corrected chi connectivity index (χ1v) is 28.5. The number of unbranched alkanes of at least 4 members (excludes halogenated alkanes) is 28. The highest BCUT2D eigenvalue weighted by molar-refractivity contribution is 5.71. The maximum Gasteiger partial charge on any atom is 0.306 e. The normalized spacial score (nSPS) is 12.9. The summed E-state index contributed by atoms with van der Waals surface area (Å²) in [5.41, 5.74) is 0. The maximum atomic E-state index is 12.8. The van der Waals surface area contributed by atoms with Gasteiger partial charge in [-0.25, -0.2) is 0 Å². The van der Waals surface area contributed by atoms with Crippen molar-refractivity contribution < 1.29 is 28.6 Å². The van der Waals surface area contributed by atoms with Crippen LogP contribution in [0, 0.1) is 0 Å². The standard InChI is InChI=1S/C63H104O6/c1-4-7-10-13-16-19-22-25-28-31-32-33-36-38-41-44-47-50-53-56-62(65)68-59-60(69-63(66)57-54-51-48-45-42-39-35-30-27-24-21-18-15-12-9-6-3)58-67-61(64)55-52-49-46-43-40-37-34-29-26-23-20-17-14-11-8-5-2/h7,10,13,16,19,22,25,28,30-33,35-36,38-39,41-42,60H,4-6,8-9,11-12,14-15,17-18,20-21,23-24,26-27,29,34,37,40,43-59H2,1-3H3/b10-7-,16-13-,22-19-,28-25-,32-31+,35-30-,36-33-,41-38-,42-39-. The molecule has 0 bridgehead atoms. The Hall–Kier alpha value is -3.93. The maximum absolute atomic E-state index is 12.8. The lowest BCUT2D eigenvalue weighted by molar-refractivity contribution is -0.167. The molecule has 6 heteroatoms. The van der Waals surface area contributed by atoms with Crippen molar-refractivity contribution in [2.24, 2.45) is 0 Å². The van der Waals surface area contributed by atoms with Crippen LogP contribution in [0.5, 0.6) is 0 Å². The van der Waals surface area contributed by atoms with Crippen LogP contribution in [0.15, 0.2) is 109 Å². The van der Waals surface area contributed by atoms with Crippen molar-refractivity contribution in [1.29, 1.82) is 0 Å². The monoisotopic (exact) mass is 957 g/mol. The number of hydrogen-bond donors (Lipinski definition) is 0. The first kappa shape index (κ1) is 65.1. The summed E-state index contributed by atoms with van der Waals surface area (Å²) in [6.07, 6.45) is 76.4. The van der Waals surface area contributed by atoms with E-state index in [1.807, 2.05) is 72.9 Å². The molecular weight excluding hydrogens is 853 g/mol. The Morgan fingerprint density at radius 1 is 0.304 bits per heavy atom. The SMILES string of the molecule is CC\C=C/C=C\C=C/C=C\C=C\C=C/C=C\CCCCCC(=O)OCC(COC(=O)CCCCCCCCCCCCCCCCCC)OC(=O)CCCCC/C=C\C=C/CCCCCCCCC. The number of hydrogen-bond acceptors (Lipinski definition) is 6. The van der Waals surface area contributed by atoms with Gasteiger partial charge in [0.25, 0.3) is 0 Å². The van der Waals surface area contributed by atoms with Crippen LogP contribution < -0.4 is 0 Å². The van der Waals surface area contributed by atoms with E-state index in [1.165, 1.54) is 128 Å². The van der Waals surface area contributed by atoms with E-state index in [1.54, 1.807) is 0 Å². The summed E-state index contributed by atoms with van der Waals surface area (Å²) >= 11 is 0. The average Bonchev–Trinajstić information content (AvgIpc) is 3.35. The summed E-state index contributed by atoms with van der Waals surface area (Å²) in [6.45, 7) is 6.44. The van der Waals surface area contributed by atoms with Crippen molar-refractivity contribution >= 4 is 17.9 Å². The molecule has 6 nitrogen and oxygen atoms in total. The second-order valence-electron chi connectivity index (χ2n) is 18.7. The van der Waals surface area contributed by atoms with Gasteiger partial charge < -0.3 is 14.2 Å². The minimum Gasteiger partial charge on any atom is -0.462 e. The van der Waals surface area contributed by atoms with Crippen molar-refractivity contribution in [3.63, 3.8) is 0 Å².